The van der Waals surface area contributed by atoms with Gasteiger partial charge in [0.1, 0.15) is 12.2 Å². The van der Waals surface area contributed by atoms with Crippen molar-refractivity contribution in [3.63, 3.8) is 0 Å². The largest absolute Gasteiger partial charge is 0.455 e. The second-order valence-electron chi connectivity index (χ2n) is 10.8. The average molecular weight is 574 g/mol. The maximum absolute atomic E-state index is 12.0. The smallest absolute Gasteiger partial charge is 0.330 e. The summed E-state index contributed by atoms with van der Waals surface area (Å²) >= 11 is 0. The van der Waals surface area contributed by atoms with E-state index in [0.717, 1.165) is 51.5 Å². The second-order valence-corrected chi connectivity index (χ2v) is 10.8. The molecule has 0 aliphatic rings. The molecule has 0 saturated heterocycles. The Bertz CT molecular complexity index is 1620. The number of carbonyl (C=O) groups excluding carboxylic acids is 2. The third-order valence-corrected chi connectivity index (χ3v) is 7.84. The summed E-state index contributed by atoms with van der Waals surface area (Å²) in [4.78, 5) is 26.2. The van der Waals surface area contributed by atoms with Crippen molar-refractivity contribution in [1.29, 1.82) is 0 Å². The van der Waals surface area contributed by atoms with E-state index >= 15 is 0 Å². The molecule has 0 heterocycles. The number of esters is 2. The van der Waals surface area contributed by atoms with E-state index in [4.69, 9.17) is 9.47 Å². The third kappa shape index (κ3) is 7.12. The lowest BCUT2D eigenvalue weighted by atomic mass is 9.94. The molecule has 0 fully saturated rings. The molecule has 0 N–H and O–H groups in total. The molecule has 0 bridgehead atoms. The molecular formula is C38H39NO4. The highest BCUT2D eigenvalue weighted by Crippen LogP contribution is 2.38. The number of hydrogen-bond acceptors (Lipinski definition) is 5. The van der Waals surface area contributed by atoms with Crippen molar-refractivity contribution < 1.29 is 19.1 Å². The normalized spacial score (nSPS) is 12.1. The fourth-order valence-electron chi connectivity index (χ4n) is 5.03. The SMILES string of the molecule is C=CC(=O)OC(C)c1ccc(-c2ccc(N(c3ccc(C)c(C)c3)c3ccc(C)c(C)c3)cc2)cc1C(C)OC(=O)C=C. The van der Waals surface area contributed by atoms with Gasteiger partial charge < -0.3 is 14.4 Å². The van der Waals surface area contributed by atoms with Gasteiger partial charge in [0.05, 0.1) is 0 Å². The number of carbonyl (C=O) groups is 2. The molecule has 4 aromatic rings. The minimum Gasteiger partial charge on any atom is -0.455 e. The molecule has 43 heavy (non-hydrogen) atoms. The molecule has 2 unspecified atom stereocenters. The molecule has 5 nitrogen and oxygen atoms in total. The van der Waals surface area contributed by atoms with E-state index in [0.29, 0.717) is 0 Å². The Hall–Kier alpha value is -4.90. The van der Waals surface area contributed by atoms with Crippen LogP contribution >= 0.6 is 0 Å². The quantitative estimate of drug-likeness (QED) is 0.140. The van der Waals surface area contributed by atoms with Crippen LogP contribution in [0.2, 0.25) is 0 Å². The van der Waals surface area contributed by atoms with Gasteiger partial charge in [-0.25, -0.2) is 9.59 Å². The van der Waals surface area contributed by atoms with Gasteiger partial charge in [-0.1, -0.05) is 49.6 Å². The zero-order chi connectivity index (χ0) is 31.3. The molecular weight excluding hydrogens is 534 g/mol. The molecule has 2 atom stereocenters. The highest BCUT2D eigenvalue weighted by atomic mass is 16.5. The monoisotopic (exact) mass is 573 g/mol. The van der Waals surface area contributed by atoms with Crippen LogP contribution < -0.4 is 4.90 Å². The van der Waals surface area contributed by atoms with Gasteiger partial charge in [0.2, 0.25) is 0 Å². The van der Waals surface area contributed by atoms with Crippen LogP contribution in [0.3, 0.4) is 0 Å². The predicted molar refractivity (Wildman–Crippen MR) is 175 cm³/mol. The van der Waals surface area contributed by atoms with Gasteiger partial charge in [-0.15, -0.1) is 0 Å². The van der Waals surface area contributed by atoms with E-state index in [1.807, 2.05) is 18.2 Å². The molecule has 0 radical (unpaired) electrons. The van der Waals surface area contributed by atoms with Gasteiger partial charge in [0, 0.05) is 29.2 Å². The van der Waals surface area contributed by atoms with Gasteiger partial charge in [0.25, 0.3) is 0 Å². The van der Waals surface area contributed by atoms with Crippen molar-refractivity contribution in [3.8, 4) is 11.1 Å². The molecule has 0 aliphatic carbocycles. The van der Waals surface area contributed by atoms with Gasteiger partial charge in [0.15, 0.2) is 0 Å². The molecule has 5 heteroatoms. The van der Waals surface area contributed by atoms with Crippen LogP contribution in [0.1, 0.15) is 59.4 Å². The Kier molecular flexibility index (Phi) is 9.66. The Morgan fingerprint density at radius 2 is 1.02 bits per heavy atom. The van der Waals surface area contributed by atoms with Gasteiger partial charge in [-0.3, -0.25) is 0 Å². The van der Waals surface area contributed by atoms with Crippen LogP contribution in [-0.2, 0) is 19.1 Å². The number of anilines is 3. The molecule has 0 aliphatic heterocycles. The van der Waals surface area contributed by atoms with E-state index in [1.54, 1.807) is 13.8 Å². The van der Waals surface area contributed by atoms with Gasteiger partial charge in [-0.05, 0) is 129 Å². The van der Waals surface area contributed by atoms with Crippen LogP contribution in [0.25, 0.3) is 11.1 Å². The Morgan fingerprint density at radius 1 is 0.581 bits per heavy atom. The summed E-state index contributed by atoms with van der Waals surface area (Å²) in [7, 11) is 0. The van der Waals surface area contributed by atoms with Gasteiger partial charge in [-0.2, -0.15) is 0 Å². The van der Waals surface area contributed by atoms with E-state index in [9.17, 15) is 9.59 Å². The zero-order valence-electron chi connectivity index (χ0n) is 25.8. The maximum Gasteiger partial charge on any atom is 0.330 e. The molecule has 220 valence electrons. The second kappa shape index (κ2) is 13.4. The highest BCUT2D eigenvalue weighted by Gasteiger charge is 2.21. The Balaban J connectivity index is 1.76. The van der Waals surface area contributed by atoms with Crippen LogP contribution in [0, 0.1) is 27.7 Å². The minimum atomic E-state index is -0.588. The molecule has 4 rings (SSSR count). The first-order chi connectivity index (χ1) is 20.5. The van der Waals surface area contributed by atoms with Crippen molar-refractivity contribution in [3.05, 3.63) is 138 Å². The van der Waals surface area contributed by atoms with Crippen LogP contribution in [0.5, 0.6) is 0 Å². The molecule has 0 amide bonds. The molecule has 0 aromatic heterocycles. The van der Waals surface area contributed by atoms with E-state index < -0.39 is 24.1 Å². The van der Waals surface area contributed by atoms with Crippen LogP contribution in [-0.4, -0.2) is 11.9 Å². The van der Waals surface area contributed by atoms with E-state index in [-0.39, 0.29) is 0 Å². The summed E-state index contributed by atoms with van der Waals surface area (Å²) < 4.78 is 11.0. The predicted octanol–water partition coefficient (Wildman–Crippen LogP) is 9.64. The number of ether oxygens (including phenoxy) is 2. The number of hydrogen-bond donors (Lipinski definition) is 0. The summed E-state index contributed by atoms with van der Waals surface area (Å²) in [6, 6.07) is 27.3. The lowest BCUT2D eigenvalue weighted by molar-refractivity contribution is -0.144. The number of nitrogens with zero attached hydrogens (tertiary/aromatic N) is 1. The topological polar surface area (TPSA) is 55.8 Å². The molecule has 0 saturated carbocycles. The first-order valence-corrected chi connectivity index (χ1v) is 14.4. The minimum absolute atomic E-state index is 0.522. The van der Waals surface area contributed by atoms with Crippen LogP contribution in [0.4, 0.5) is 17.1 Å². The van der Waals surface area contributed by atoms with Gasteiger partial charge >= 0.3 is 11.9 Å². The zero-order valence-corrected chi connectivity index (χ0v) is 25.8. The number of aryl methyl sites for hydroxylation is 4. The number of rotatable bonds is 10. The standard InChI is InChI=1S/C38H39NO4/c1-9-37(40)42-28(7)35-20-15-31(23-36(35)29(8)43-38(41)10-2)30-13-18-32(19-14-30)39(33-16-11-24(3)26(5)21-33)34-17-12-25(4)27(6)22-34/h9-23,28-29H,1-2H2,3-8H3. The summed E-state index contributed by atoms with van der Waals surface area (Å²) in [6.07, 6.45) is 1.12. The number of benzene rings is 4. The summed E-state index contributed by atoms with van der Waals surface area (Å²) in [5.74, 6) is -1.05. The maximum atomic E-state index is 12.0. The van der Waals surface area contributed by atoms with Crippen LogP contribution in [0.15, 0.2) is 104 Å². The lowest BCUT2D eigenvalue weighted by Gasteiger charge is -2.27. The van der Waals surface area contributed by atoms with Crippen molar-refractivity contribution in [1.82, 2.24) is 0 Å². The van der Waals surface area contributed by atoms with Crippen molar-refractivity contribution >= 4 is 29.0 Å². The Morgan fingerprint density at radius 3 is 1.49 bits per heavy atom. The first kappa shape index (κ1) is 31.0. The van der Waals surface area contributed by atoms with E-state index in [1.165, 1.54) is 22.3 Å². The Labute approximate surface area is 255 Å². The van der Waals surface area contributed by atoms with E-state index in [2.05, 4.69) is 106 Å². The molecule has 0 spiro atoms. The third-order valence-electron chi connectivity index (χ3n) is 7.84. The van der Waals surface area contributed by atoms with Crippen molar-refractivity contribution in [2.24, 2.45) is 0 Å². The van der Waals surface area contributed by atoms with Crippen molar-refractivity contribution in [2.75, 3.05) is 4.90 Å². The first-order valence-electron chi connectivity index (χ1n) is 14.4. The lowest BCUT2D eigenvalue weighted by Crippen LogP contribution is -2.13. The van der Waals surface area contributed by atoms with Crippen molar-refractivity contribution in [2.45, 2.75) is 53.8 Å². The fraction of sp³-hybridized carbons (Fsp3) is 0.211. The summed E-state index contributed by atoms with van der Waals surface area (Å²) in [6.45, 7) is 19.1. The fourth-order valence-corrected chi connectivity index (χ4v) is 5.03. The average Bonchev–Trinajstić information content (AvgIpc) is 3.00. The molecule has 4 aromatic carbocycles. The summed E-state index contributed by atoms with van der Waals surface area (Å²) in [5.41, 5.74) is 11.6. The highest BCUT2D eigenvalue weighted by molar-refractivity contribution is 5.82. The summed E-state index contributed by atoms with van der Waals surface area (Å²) in [5, 5.41) is 0.